The number of nitrogens with one attached hydrogen (secondary N) is 1. The number of fused-ring (bicyclic) bond motifs is 1. The quantitative estimate of drug-likeness (QED) is 0.353. The van der Waals surface area contributed by atoms with Crippen molar-refractivity contribution in [3.05, 3.63) is 89.6 Å². The van der Waals surface area contributed by atoms with E-state index in [1.54, 1.807) is 6.07 Å². The number of benzene rings is 3. The lowest BCUT2D eigenvalue weighted by Gasteiger charge is -2.38. The van der Waals surface area contributed by atoms with Crippen molar-refractivity contribution < 1.29 is 27.1 Å². The lowest BCUT2D eigenvalue weighted by molar-refractivity contribution is -0.0240. The minimum atomic E-state index is -4.03. The summed E-state index contributed by atoms with van der Waals surface area (Å²) in [5.41, 5.74) is 4.98. The Morgan fingerprint density at radius 2 is 1.71 bits per heavy atom. The van der Waals surface area contributed by atoms with Crippen LogP contribution >= 0.6 is 0 Å². The molecule has 1 saturated heterocycles. The second kappa shape index (κ2) is 9.62. The molecular formula is C26H23F2N5O4S. The van der Waals surface area contributed by atoms with Crippen LogP contribution in [0.2, 0.25) is 0 Å². The van der Waals surface area contributed by atoms with E-state index in [2.05, 4.69) is 14.7 Å². The van der Waals surface area contributed by atoms with Gasteiger partial charge in [0.05, 0.1) is 17.3 Å². The number of para-hydroxylation sites is 1. The molecule has 1 amide bonds. The molecule has 0 atom stereocenters. The molecule has 5 rings (SSSR count). The number of amides is 1. The van der Waals surface area contributed by atoms with Crippen molar-refractivity contribution in [1.82, 2.24) is 14.9 Å². The number of nitrogens with two attached hydrogens (primary N) is 1. The van der Waals surface area contributed by atoms with E-state index >= 15 is 0 Å². The van der Waals surface area contributed by atoms with Gasteiger partial charge in [-0.3, -0.25) is 9.52 Å². The Labute approximate surface area is 217 Å². The van der Waals surface area contributed by atoms with Crippen molar-refractivity contribution in [3.8, 4) is 0 Å². The standard InChI is InChI=1S/C26H23F2N5O4S/c27-19-4-1-3-18(23(19)28)26(35)11-13-33(14-12-26)25(34)16-7-9-17(10-8-16)32-38(36,37)21-6-2-5-20-24(21)30-15-22(29)31-20/h1-10,15,32,35H,11-14H2,(H2,29,31). The van der Waals surface area contributed by atoms with Crippen molar-refractivity contribution in [2.24, 2.45) is 0 Å². The normalized spacial score (nSPS) is 15.4. The number of anilines is 2. The summed E-state index contributed by atoms with van der Waals surface area (Å²) in [5.74, 6) is -2.29. The van der Waals surface area contributed by atoms with Gasteiger partial charge in [-0.1, -0.05) is 18.2 Å². The van der Waals surface area contributed by atoms with Crippen LogP contribution in [0.3, 0.4) is 0 Å². The number of carbonyl (C=O) groups is 1. The van der Waals surface area contributed by atoms with E-state index < -0.39 is 27.3 Å². The summed E-state index contributed by atoms with van der Waals surface area (Å²) in [7, 11) is -4.03. The number of hydrogen-bond donors (Lipinski definition) is 3. The number of likely N-dealkylation sites (tertiary alicyclic amines) is 1. The molecule has 4 N–H and O–H groups in total. The number of hydrogen-bond acceptors (Lipinski definition) is 7. The molecule has 1 aliphatic heterocycles. The largest absolute Gasteiger partial charge is 0.385 e. The van der Waals surface area contributed by atoms with Gasteiger partial charge in [-0.2, -0.15) is 0 Å². The highest BCUT2D eigenvalue weighted by Crippen LogP contribution is 2.35. The maximum atomic E-state index is 14.2. The lowest BCUT2D eigenvalue weighted by Crippen LogP contribution is -2.45. The van der Waals surface area contributed by atoms with E-state index in [1.807, 2.05) is 0 Å². The van der Waals surface area contributed by atoms with Gasteiger partial charge in [0.1, 0.15) is 16.2 Å². The summed E-state index contributed by atoms with van der Waals surface area (Å²) in [6.07, 6.45) is 1.35. The smallest absolute Gasteiger partial charge is 0.264 e. The summed E-state index contributed by atoms with van der Waals surface area (Å²) >= 11 is 0. The minimum Gasteiger partial charge on any atom is -0.385 e. The Balaban J connectivity index is 1.28. The van der Waals surface area contributed by atoms with Crippen LogP contribution in [0.1, 0.15) is 28.8 Å². The molecule has 0 radical (unpaired) electrons. The fourth-order valence-electron chi connectivity index (χ4n) is 4.53. The molecule has 0 aliphatic carbocycles. The molecule has 38 heavy (non-hydrogen) atoms. The van der Waals surface area contributed by atoms with Gasteiger partial charge in [0.25, 0.3) is 15.9 Å². The first-order chi connectivity index (χ1) is 18.1. The van der Waals surface area contributed by atoms with Crippen LogP contribution in [0.4, 0.5) is 20.3 Å². The molecule has 12 heteroatoms. The van der Waals surface area contributed by atoms with E-state index in [9.17, 15) is 27.1 Å². The third-order valence-corrected chi connectivity index (χ3v) is 7.97. The van der Waals surface area contributed by atoms with Crippen LogP contribution in [-0.2, 0) is 15.6 Å². The summed E-state index contributed by atoms with van der Waals surface area (Å²) in [6, 6.07) is 14.1. The van der Waals surface area contributed by atoms with Gasteiger partial charge >= 0.3 is 0 Å². The zero-order chi connectivity index (χ0) is 27.1. The van der Waals surface area contributed by atoms with Crippen molar-refractivity contribution in [2.75, 3.05) is 23.5 Å². The zero-order valence-electron chi connectivity index (χ0n) is 19.9. The summed E-state index contributed by atoms with van der Waals surface area (Å²) in [5, 5.41) is 10.9. The number of nitrogen functional groups attached to an aromatic ring is 1. The molecule has 1 fully saturated rings. The topological polar surface area (TPSA) is 139 Å². The van der Waals surface area contributed by atoms with Crippen molar-refractivity contribution in [1.29, 1.82) is 0 Å². The minimum absolute atomic E-state index is 0.0383. The van der Waals surface area contributed by atoms with E-state index in [4.69, 9.17) is 5.73 Å². The molecule has 0 saturated carbocycles. The first kappa shape index (κ1) is 25.5. The third-order valence-electron chi connectivity index (χ3n) is 6.56. The van der Waals surface area contributed by atoms with Gasteiger partial charge in [0.15, 0.2) is 11.6 Å². The van der Waals surface area contributed by atoms with E-state index in [1.165, 1.54) is 59.6 Å². The predicted octanol–water partition coefficient (Wildman–Crippen LogP) is 3.41. The number of halogens is 2. The van der Waals surface area contributed by atoms with E-state index in [-0.39, 0.29) is 59.3 Å². The molecular weight excluding hydrogens is 516 g/mol. The molecule has 0 unspecified atom stereocenters. The Bertz CT molecular complexity index is 1640. The van der Waals surface area contributed by atoms with Crippen LogP contribution < -0.4 is 10.5 Å². The second-order valence-corrected chi connectivity index (χ2v) is 10.7. The molecule has 9 nitrogen and oxygen atoms in total. The maximum absolute atomic E-state index is 14.2. The first-order valence-corrected chi connectivity index (χ1v) is 13.2. The third kappa shape index (κ3) is 4.75. The van der Waals surface area contributed by atoms with Crippen molar-refractivity contribution in [3.63, 3.8) is 0 Å². The number of piperidine rings is 1. The van der Waals surface area contributed by atoms with Crippen molar-refractivity contribution in [2.45, 2.75) is 23.3 Å². The van der Waals surface area contributed by atoms with Crippen LogP contribution in [-0.4, -0.2) is 47.4 Å². The van der Waals surface area contributed by atoms with Gasteiger partial charge in [-0.05, 0) is 55.3 Å². The van der Waals surface area contributed by atoms with E-state index in [0.29, 0.717) is 11.1 Å². The van der Waals surface area contributed by atoms with Crippen LogP contribution in [0.25, 0.3) is 11.0 Å². The number of aliphatic hydroxyl groups is 1. The van der Waals surface area contributed by atoms with Crippen LogP contribution in [0.5, 0.6) is 0 Å². The van der Waals surface area contributed by atoms with Crippen LogP contribution in [0, 0.1) is 11.6 Å². The fraction of sp³-hybridized carbons (Fsp3) is 0.192. The van der Waals surface area contributed by atoms with Gasteiger partial charge in [0.2, 0.25) is 0 Å². The Hall–Kier alpha value is -4.16. The number of nitrogens with zero attached hydrogens (tertiary/aromatic N) is 3. The highest BCUT2D eigenvalue weighted by molar-refractivity contribution is 7.93. The van der Waals surface area contributed by atoms with Gasteiger partial charge in [-0.15, -0.1) is 0 Å². The Morgan fingerprint density at radius 1 is 1.03 bits per heavy atom. The fourth-order valence-corrected chi connectivity index (χ4v) is 5.76. The molecule has 1 aromatic heterocycles. The molecule has 196 valence electrons. The number of sulfonamides is 1. The number of rotatable bonds is 5. The molecule has 0 spiro atoms. The average Bonchev–Trinajstić information content (AvgIpc) is 2.90. The van der Waals surface area contributed by atoms with Crippen LogP contribution in [0.15, 0.2) is 71.8 Å². The summed E-state index contributed by atoms with van der Waals surface area (Å²) in [6.45, 7) is 0.262. The molecule has 2 heterocycles. The lowest BCUT2D eigenvalue weighted by atomic mass is 9.84. The monoisotopic (exact) mass is 539 g/mol. The Kier molecular flexibility index (Phi) is 6.45. The van der Waals surface area contributed by atoms with E-state index in [0.717, 1.165) is 6.07 Å². The average molecular weight is 540 g/mol. The maximum Gasteiger partial charge on any atom is 0.264 e. The number of aromatic nitrogens is 2. The predicted molar refractivity (Wildman–Crippen MR) is 137 cm³/mol. The highest BCUT2D eigenvalue weighted by atomic mass is 32.2. The molecule has 0 bridgehead atoms. The second-order valence-electron chi connectivity index (χ2n) is 9.03. The Morgan fingerprint density at radius 3 is 2.42 bits per heavy atom. The van der Waals surface area contributed by atoms with Gasteiger partial charge in [-0.25, -0.2) is 27.2 Å². The first-order valence-electron chi connectivity index (χ1n) is 11.7. The molecule has 1 aliphatic rings. The number of carbonyl (C=O) groups excluding carboxylic acids is 1. The summed E-state index contributed by atoms with van der Waals surface area (Å²) < 4.78 is 56.4. The SMILES string of the molecule is Nc1cnc2c(S(=O)(=O)Nc3ccc(C(=O)N4CCC(O)(c5cccc(F)c5F)CC4)cc3)cccc2n1. The highest BCUT2D eigenvalue weighted by Gasteiger charge is 2.38. The van der Waals surface area contributed by atoms with Gasteiger partial charge in [0, 0.05) is 29.9 Å². The van der Waals surface area contributed by atoms with Gasteiger partial charge < -0.3 is 15.7 Å². The molecule has 3 aromatic carbocycles. The molecule has 4 aromatic rings. The summed E-state index contributed by atoms with van der Waals surface area (Å²) in [4.78, 5) is 22.6. The van der Waals surface area contributed by atoms with Crippen molar-refractivity contribution >= 4 is 38.5 Å². The zero-order valence-corrected chi connectivity index (χ0v) is 20.8.